The molecular formula is C22H27N3O2S. The van der Waals surface area contributed by atoms with E-state index in [1.165, 1.54) is 12.8 Å². The van der Waals surface area contributed by atoms with Gasteiger partial charge in [-0.25, -0.2) is 8.42 Å². The van der Waals surface area contributed by atoms with E-state index in [0.717, 1.165) is 30.4 Å². The molecule has 0 fully saturated rings. The van der Waals surface area contributed by atoms with Gasteiger partial charge in [-0.1, -0.05) is 61.5 Å². The topological polar surface area (TPSA) is 70.9 Å². The Morgan fingerprint density at radius 2 is 1.82 bits per heavy atom. The molecule has 0 heterocycles. The average Bonchev–Trinajstić information content (AvgIpc) is 2.66. The Labute approximate surface area is 168 Å². The number of para-hydroxylation sites is 1. The van der Waals surface area contributed by atoms with Crippen molar-refractivity contribution < 1.29 is 8.42 Å². The molecule has 6 heteroatoms. The zero-order valence-corrected chi connectivity index (χ0v) is 17.5. The summed E-state index contributed by atoms with van der Waals surface area (Å²) in [6.07, 6.45) is 5.37. The van der Waals surface area contributed by atoms with Crippen molar-refractivity contribution in [1.82, 2.24) is 0 Å². The number of hydrogen-bond acceptors (Lipinski definition) is 4. The first-order valence-electron chi connectivity index (χ1n) is 9.51. The zero-order chi connectivity index (χ0) is 20.4. The molecule has 1 N–H and O–H groups in total. The Hall–Kier alpha value is -2.65. The van der Waals surface area contributed by atoms with Crippen LogP contribution in [0.4, 0.5) is 11.4 Å². The summed E-state index contributed by atoms with van der Waals surface area (Å²) in [7, 11) is -3.80. The fourth-order valence-corrected chi connectivity index (χ4v) is 3.97. The Morgan fingerprint density at radius 1 is 1.04 bits per heavy atom. The van der Waals surface area contributed by atoms with Crippen LogP contribution in [0.2, 0.25) is 0 Å². The monoisotopic (exact) mass is 397 g/mol. The second-order valence-corrected chi connectivity index (χ2v) is 8.34. The number of sulfonamides is 1. The number of aryl methyl sites for hydroxylation is 2. The molecule has 0 aliphatic carbocycles. The lowest BCUT2D eigenvalue weighted by Gasteiger charge is -2.12. The Morgan fingerprint density at radius 3 is 2.57 bits per heavy atom. The molecule has 5 nitrogen and oxygen atoms in total. The van der Waals surface area contributed by atoms with E-state index in [1.807, 2.05) is 26.0 Å². The molecule has 28 heavy (non-hydrogen) atoms. The predicted octanol–water partition coefficient (Wildman–Crippen LogP) is 6.12. The highest BCUT2D eigenvalue weighted by Crippen LogP contribution is 2.28. The van der Waals surface area contributed by atoms with E-state index in [1.54, 1.807) is 30.3 Å². The standard InChI is InChI=1S/C22H27N3O2S/c1-4-5-6-7-8-11-16-23-24-21-15-14-18(2)17-22(21)28(26,27)25-20-13-10-9-12-19(20)3/h9-10,12-15,17,25H,4-8H2,1-3H3. The van der Waals surface area contributed by atoms with E-state index in [4.69, 9.17) is 0 Å². The van der Waals surface area contributed by atoms with Gasteiger partial charge in [-0.2, -0.15) is 0 Å². The van der Waals surface area contributed by atoms with E-state index in [-0.39, 0.29) is 10.6 Å². The van der Waals surface area contributed by atoms with Gasteiger partial charge in [0.05, 0.1) is 11.7 Å². The van der Waals surface area contributed by atoms with Gasteiger partial charge in [0.2, 0.25) is 0 Å². The maximum atomic E-state index is 12.9. The number of rotatable bonds is 8. The number of benzene rings is 2. The van der Waals surface area contributed by atoms with Crippen molar-refractivity contribution in [2.24, 2.45) is 10.2 Å². The van der Waals surface area contributed by atoms with Crippen LogP contribution < -0.4 is 4.72 Å². The first kappa shape index (κ1) is 21.6. The lowest BCUT2D eigenvalue weighted by atomic mass is 10.2. The van der Waals surface area contributed by atoms with Crippen LogP contribution in [0.25, 0.3) is 0 Å². The molecule has 0 radical (unpaired) electrons. The van der Waals surface area contributed by atoms with Crippen molar-refractivity contribution >= 4 is 21.4 Å². The normalized spacial score (nSPS) is 11.2. The van der Waals surface area contributed by atoms with Crippen molar-refractivity contribution in [3.8, 4) is 12.0 Å². The van der Waals surface area contributed by atoms with Gasteiger partial charge < -0.3 is 0 Å². The van der Waals surface area contributed by atoms with Gasteiger partial charge in [0.1, 0.15) is 10.6 Å². The Bertz CT molecular complexity index is 986. The molecule has 2 rings (SSSR count). The highest BCUT2D eigenvalue weighted by atomic mass is 32.2. The molecule has 148 valence electrons. The number of azo groups is 1. The number of unbranched alkanes of at least 4 members (excludes halogenated alkanes) is 4. The molecule has 0 aliphatic heterocycles. The van der Waals surface area contributed by atoms with Crippen LogP contribution in [0.15, 0.2) is 57.6 Å². The number of anilines is 1. The molecule has 2 aromatic carbocycles. The SMILES string of the molecule is CCCCCCC#CN=Nc1ccc(C)cc1S(=O)(=O)Nc1ccccc1C. The van der Waals surface area contributed by atoms with Crippen molar-refractivity contribution in [2.45, 2.75) is 57.8 Å². The van der Waals surface area contributed by atoms with Gasteiger partial charge in [0.15, 0.2) is 0 Å². The van der Waals surface area contributed by atoms with Crippen LogP contribution in [0, 0.1) is 25.8 Å². The Balaban J connectivity index is 2.19. The third kappa shape index (κ3) is 6.50. The average molecular weight is 398 g/mol. The fraction of sp³-hybridized carbons (Fsp3) is 0.364. The van der Waals surface area contributed by atoms with E-state index >= 15 is 0 Å². The fourth-order valence-electron chi connectivity index (χ4n) is 2.62. The molecule has 0 amide bonds. The van der Waals surface area contributed by atoms with Crippen molar-refractivity contribution in [2.75, 3.05) is 4.72 Å². The van der Waals surface area contributed by atoms with Crippen LogP contribution in [0.5, 0.6) is 0 Å². The van der Waals surface area contributed by atoms with E-state index in [9.17, 15) is 8.42 Å². The molecule has 0 spiro atoms. The van der Waals surface area contributed by atoms with Crippen molar-refractivity contribution in [3.63, 3.8) is 0 Å². The van der Waals surface area contributed by atoms with E-state index < -0.39 is 10.0 Å². The van der Waals surface area contributed by atoms with Gasteiger partial charge >= 0.3 is 0 Å². The second kappa shape index (κ2) is 10.6. The number of nitrogens with one attached hydrogen (secondary N) is 1. The molecule has 2 aromatic rings. The van der Waals surface area contributed by atoms with Crippen LogP contribution in [-0.4, -0.2) is 8.42 Å². The smallest absolute Gasteiger partial charge is 0.264 e. The van der Waals surface area contributed by atoms with Gasteiger partial charge in [-0.3, -0.25) is 4.72 Å². The lowest BCUT2D eigenvalue weighted by molar-refractivity contribution is 0.601. The second-order valence-electron chi connectivity index (χ2n) is 6.69. The molecule has 0 atom stereocenters. The maximum Gasteiger partial charge on any atom is 0.264 e. The van der Waals surface area contributed by atoms with Gasteiger partial charge in [-0.15, -0.1) is 5.11 Å². The van der Waals surface area contributed by atoms with Gasteiger partial charge in [0.25, 0.3) is 10.0 Å². The minimum atomic E-state index is -3.80. The Kier molecular flexibility index (Phi) is 8.21. The molecule has 0 aromatic heterocycles. The number of hydrogen-bond donors (Lipinski definition) is 1. The summed E-state index contributed by atoms with van der Waals surface area (Å²) >= 11 is 0. The quantitative estimate of drug-likeness (QED) is 0.331. The third-order valence-electron chi connectivity index (χ3n) is 4.24. The summed E-state index contributed by atoms with van der Waals surface area (Å²) in [6, 6.07) is 14.9. The zero-order valence-electron chi connectivity index (χ0n) is 16.7. The van der Waals surface area contributed by atoms with Crippen LogP contribution in [0.3, 0.4) is 0 Å². The van der Waals surface area contributed by atoms with Gasteiger partial charge in [-0.05, 0) is 49.6 Å². The largest absolute Gasteiger partial charge is 0.279 e. The third-order valence-corrected chi connectivity index (χ3v) is 5.63. The first-order valence-corrected chi connectivity index (χ1v) is 11.0. The summed E-state index contributed by atoms with van der Waals surface area (Å²) in [4.78, 5) is 0.0873. The molecule has 0 aliphatic rings. The van der Waals surface area contributed by atoms with E-state index in [2.05, 4.69) is 33.8 Å². The first-order chi connectivity index (χ1) is 13.4. The van der Waals surface area contributed by atoms with Crippen LogP contribution in [0.1, 0.15) is 50.2 Å². The van der Waals surface area contributed by atoms with Crippen molar-refractivity contribution in [1.29, 1.82) is 0 Å². The van der Waals surface area contributed by atoms with Crippen molar-refractivity contribution in [3.05, 3.63) is 53.6 Å². The highest BCUT2D eigenvalue weighted by Gasteiger charge is 2.20. The molecule has 0 saturated heterocycles. The molecule has 0 saturated carbocycles. The maximum absolute atomic E-state index is 12.9. The number of nitrogens with zero attached hydrogens (tertiary/aromatic N) is 2. The summed E-state index contributed by atoms with van der Waals surface area (Å²) in [5.41, 5.74) is 2.48. The minimum Gasteiger partial charge on any atom is -0.279 e. The molecule has 0 unspecified atom stereocenters. The predicted molar refractivity (Wildman–Crippen MR) is 114 cm³/mol. The van der Waals surface area contributed by atoms with E-state index in [0.29, 0.717) is 5.69 Å². The van der Waals surface area contributed by atoms with Gasteiger partial charge in [0, 0.05) is 6.42 Å². The lowest BCUT2D eigenvalue weighted by Crippen LogP contribution is -2.14. The minimum absolute atomic E-state index is 0.0873. The molecular weight excluding hydrogens is 370 g/mol. The van der Waals surface area contributed by atoms with Crippen LogP contribution >= 0.6 is 0 Å². The summed E-state index contributed by atoms with van der Waals surface area (Å²) in [6.45, 7) is 5.86. The summed E-state index contributed by atoms with van der Waals surface area (Å²) in [5, 5.41) is 7.90. The summed E-state index contributed by atoms with van der Waals surface area (Å²) in [5.74, 6) is 2.96. The highest BCUT2D eigenvalue weighted by molar-refractivity contribution is 7.92. The summed E-state index contributed by atoms with van der Waals surface area (Å²) < 4.78 is 28.5. The molecule has 0 bridgehead atoms. The van der Waals surface area contributed by atoms with Crippen LogP contribution in [-0.2, 0) is 10.0 Å².